The molecule has 8 nitrogen and oxygen atoms in total. The van der Waals surface area contributed by atoms with E-state index in [2.05, 4.69) is 10.6 Å². The van der Waals surface area contributed by atoms with Crippen LogP contribution in [0.5, 0.6) is 5.75 Å². The van der Waals surface area contributed by atoms with Crippen molar-refractivity contribution in [1.82, 2.24) is 9.88 Å². The Morgan fingerprint density at radius 3 is 2.37 bits per heavy atom. The van der Waals surface area contributed by atoms with Crippen molar-refractivity contribution >= 4 is 17.7 Å². The van der Waals surface area contributed by atoms with Gasteiger partial charge in [-0.2, -0.15) is 13.2 Å². The number of aromatic nitrogens is 1. The molecule has 2 aromatic carbocycles. The van der Waals surface area contributed by atoms with Crippen molar-refractivity contribution in [3.63, 3.8) is 0 Å². The number of nitrogens with zero attached hydrogens (tertiary/aromatic N) is 1. The predicted molar refractivity (Wildman–Crippen MR) is 121 cm³/mol. The molecule has 0 radical (unpaired) electrons. The van der Waals surface area contributed by atoms with Gasteiger partial charge in [0.25, 0.3) is 5.56 Å². The van der Waals surface area contributed by atoms with Gasteiger partial charge in [0.15, 0.2) is 5.69 Å². The molecule has 3 aromatic rings. The molecule has 2 amide bonds. The van der Waals surface area contributed by atoms with Crippen LogP contribution in [0, 0.1) is 0 Å². The van der Waals surface area contributed by atoms with Crippen LogP contribution in [0.4, 0.5) is 23.7 Å². The van der Waals surface area contributed by atoms with E-state index in [0.29, 0.717) is 16.7 Å². The van der Waals surface area contributed by atoms with Gasteiger partial charge in [0.2, 0.25) is 0 Å². The molecule has 0 saturated heterocycles. The highest BCUT2D eigenvalue weighted by Gasteiger charge is 2.30. The molecule has 0 bridgehead atoms. The van der Waals surface area contributed by atoms with Crippen LogP contribution in [0.1, 0.15) is 34.7 Å². The molecule has 0 aliphatic carbocycles. The smallest absolute Gasteiger partial charge is 0.416 e. The molecule has 35 heavy (non-hydrogen) atoms. The average Bonchev–Trinajstić information content (AvgIpc) is 2.78. The fourth-order valence-electron chi connectivity index (χ4n) is 3.48. The summed E-state index contributed by atoms with van der Waals surface area (Å²) in [4.78, 5) is 36.1. The Kier molecular flexibility index (Phi) is 7.48. The van der Waals surface area contributed by atoms with Crippen LogP contribution < -0.4 is 16.2 Å². The lowest BCUT2D eigenvalue weighted by molar-refractivity contribution is -0.138. The van der Waals surface area contributed by atoms with E-state index in [1.165, 1.54) is 25.4 Å². The van der Waals surface area contributed by atoms with E-state index in [0.717, 1.165) is 16.7 Å². The van der Waals surface area contributed by atoms with Gasteiger partial charge in [-0.3, -0.25) is 9.59 Å². The number of aromatic hydroxyl groups is 1. The van der Waals surface area contributed by atoms with Gasteiger partial charge < -0.3 is 25.4 Å². The molecule has 0 saturated carbocycles. The molecule has 0 aliphatic rings. The first-order valence-corrected chi connectivity index (χ1v) is 10.4. The zero-order valence-electron chi connectivity index (χ0n) is 18.5. The van der Waals surface area contributed by atoms with Gasteiger partial charge in [0.05, 0.1) is 18.0 Å². The van der Waals surface area contributed by atoms with Crippen LogP contribution in [-0.2, 0) is 24.4 Å². The maximum absolute atomic E-state index is 13.0. The Balaban J connectivity index is 1.82. The van der Waals surface area contributed by atoms with E-state index < -0.39 is 47.5 Å². The van der Waals surface area contributed by atoms with E-state index in [9.17, 15) is 37.8 Å². The molecule has 0 unspecified atom stereocenters. The average molecular weight is 489 g/mol. The lowest BCUT2D eigenvalue weighted by Gasteiger charge is -2.19. The first kappa shape index (κ1) is 25.3. The molecular formula is C24H22F3N3O5. The third-order valence-electron chi connectivity index (χ3n) is 5.18. The van der Waals surface area contributed by atoms with E-state index in [1.807, 2.05) is 0 Å². The zero-order valence-corrected chi connectivity index (χ0v) is 18.5. The minimum Gasteiger partial charge on any atom is -0.505 e. The lowest BCUT2D eigenvalue weighted by atomic mass is 9.97. The Hall–Kier alpha value is -4.28. The standard InChI is InChI=1S/C24H22F3N3O5/c1-30-9-8-19(31)21(22(30)34)29-23(35)28-18(13-20(32)33)16-6-2-4-14(11-16)10-15-5-3-7-17(12-15)24(25,26)27/h2-9,11-12,18,31H,10,13H2,1H3,(H,32,33)(H2,28,29,35)/t18-/m0/s1. The second-order valence-corrected chi connectivity index (χ2v) is 7.86. The van der Waals surface area contributed by atoms with Crippen LogP contribution in [0.2, 0.25) is 0 Å². The second-order valence-electron chi connectivity index (χ2n) is 7.86. The molecule has 1 heterocycles. The summed E-state index contributed by atoms with van der Waals surface area (Å²) in [5, 5.41) is 23.9. The van der Waals surface area contributed by atoms with E-state index in [-0.39, 0.29) is 12.1 Å². The first-order chi connectivity index (χ1) is 16.4. The summed E-state index contributed by atoms with van der Waals surface area (Å²) in [6.45, 7) is 0. The summed E-state index contributed by atoms with van der Waals surface area (Å²) >= 11 is 0. The molecule has 0 fully saturated rings. The van der Waals surface area contributed by atoms with Crippen molar-refractivity contribution in [2.45, 2.75) is 25.1 Å². The van der Waals surface area contributed by atoms with Gasteiger partial charge >= 0.3 is 18.2 Å². The van der Waals surface area contributed by atoms with Crippen LogP contribution >= 0.6 is 0 Å². The Bertz CT molecular complexity index is 1300. The van der Waals surface area contributed by atoms with Crippen LogP contribution in [-0.4, -0.2) is 26.8 Å². The van der Waals surface area contributed by atoms with Crippen molar-refractivity contribution in [3.8, 4) is 5.75 Å². The number of urea groups is 1. The van der Waals surface area contributed by atoms with Gasteiger partial charge in [-0.1, -0.05) is 42.5 Å². The number of carboxylic acid groups (broad SMARTS) is 1. The number of hydrogen-bond acceptors (Lipinski definition) is 4. The number of carboxylic acids is 1. The monoisotopic (exact) mass is 489 g/mol. The Labute approximate surface area is 197 Å². The van der Waals surface area contributed by atoms with Crippen molar-refractivity contribution in [2.75, 3.05) is 5.32 Å². The molecule has 1 atom stereocenters. The van der Waals surface area contributed by atoms with E-state index in [1.54, 1.807) is 30.3 Å². The van der Waals surface area contributed by atoms with Crippen molar-refractivity contribution in [3.05, 3.63) is 93.4 Å². The highest BCUT2D eigenvalue weighted by atomic mass is 19.4. The highest BCUT2D eigenvalue weighted by Crippen LogP contribution is 2.30. The fourth-order valence-corrected chi connectivity index (χ4v) is 3.48. The number of benzene rings is 2. The summed E-state index contributed by atoms with van der Waals surface area (Å²) < 4.78 is 40.2. The minimum absolute atomic E-state index is 0.150. The van der Waals surface area contributed by atoms with Crippen LogP contribution in [0.25, 0.3) is 0 Å². The topological polar surface area (TPSA) is 121 Å². The number of carbonyl (C=O) groups excluding carboxylic acids is 1. The van der Waals surface area contributed by atoms with Crippen molar-refractivity contribution < 1.29 is 33.0 Å². The number of nitrogens with one attached hydrogen (secondary N) is 2. The molecule has 184 valence electrons. The van der Waals surface area contributed by atoms with Gasteiger partial charge in [-0.05, 0) is 35.2 Å². The van der Waals surface area contributed by atoms with Crippen LogP contribution in [0.3, 0.4) is 0 Å². The number of halogens is 3. The normalized spacial score (nSPS) is 12.1. The highest BCUT2D eigenvalue weighted by molar-refractivity contribution is 5.91. The molecule has 4 N–H and O–H groups in total. The number of rotatable bonds is 7. The molecule has 0 spiro atoms. The number of anilines is 1. The Morgan fingerprint density at radius 1 is 1.06 bits per heavy atom. The summed E-state index contributed by atoms with van der Waals surface area (Å²) in [6, 6.07) is 10.6. The number of aryl methyl sites for hydroxylation is 1. The van der Waals surface area contributed by atoms with Gasteiger partial charge in [0, 0.05) is 13.2 Å². The van der Waals surface area contributed by atoms with Gasteiger partial charge in [-0.25, -0.2) is 4.79 Å². The maximum atomic E-state index is 13.0. The zero-order chi connectivity index (χ0) is 25.8. The van der Waals surface area contributed by atoms with Crippen molar-refractivity contribution in [1.29, 1.82) is 0 Å². The Morgan fingerprint density at radius 2 is 1.71 bits per heavy atom. The first-order valence-electron chi connectivity index (χ1n) is 10.4. The number of alkyl halides is 3. The third-order valence-corrected chi connectivity index (χ3v) is 5.18. The summed E-state index contributed by atoms with van der Waals surface area (Å²) in [5.74, 6) is -1.67. The summed E-state index contributed by atoms with van der Waals surface area (Å²) in [6.07, 6.45) is -3.52. The fraction of sp³-hybridized carbons (Fsp3) is 0.208. The number of pyridine rings is 1. The third kappa shape index (κ3) is 6.62. The molecule has 3 rings (SSSR count). The maximum Gasteiger partial charge on any atom is 0.416 e. The summed E-state index contributed by atoms with van der Waals surface area (Å²) in [5.41, 5.74) is -0.402. The largest absolute Gasteiger partial charge is 0.505 e. The van der Waals surface area contributed by atoms with Crippen molar-refractivity contribution in [2.24, 2.45) is 7.05 Å². The number of carbonyl (C=O) groups is 2. The van der Waals surface area contributed by atoms with E-state index >= 15 is 0 Å². The quantitative estimate of drug-likeness (QED) is 0.399. The van der Waals surface area contributed by atoms with Crippen LogP contribution in [0.15, 0.2) is 65.6 Å². The number of hydrogen-bond donors (Lipinski definition) is 4. The minimum atomic E-state index is -4.48. The van der Waals surface area contributed by atoms with E-state index in [4.69, 9.17) is 0 Å². The lowest BCUT2D eigenvalue weighted by Crippen LogP contribution is -2.36. The SMILES string of the molecule is Cn1ccc(O)c(NC(=O)N[C@@H](CC(=O)O)c2cccc(Cc3cccc(C(F)(F)F)c3)c2)c1=O. The van der Waals surface area contributed by atoms with Gasteiger partial charge in [-0.15, -0.1) is 0 Å². The summed E-state index contributed by atoms with van der Waals surface area (Å²) in [7, 11) is 1.42. The molecule has 0 aliphatic heterocycles. The molecular weight excluding hydrogens is 467 g/mol. The number of aliphatic carboxylic acids is 1. The molecule has 1 aromatic heterocycles. The van der Waals surface area contributed by atoms with Gasteiger partial charge in [0.1, 0.15) is 5.75 Å². The predicted octanol–water partition coefficient (Wildman–Crippen LogP) is 4.04. The number of amides is 2. The molecule has 11 heteroatoms. The second kappa shape index (κ2) is 10.3.